The van der Waals surface area contributed by atoms with E-state index in [1.165, 1.54) is 27.1 Å². The molecule has 180 valence electrons. The summed E-state index contributed by atoms with van der Waals surface area (Å²) in [7, 11) is -1.18. The van der Waals surface area contributed by atoms with Crippen LogP contribution in [0.5, 0.6) is 0 Å². The van der Waals surface area contributed by atoms with E-state index in [9.17, 15) is 22.0 Å². The minimum absolute atomic E-state index is 0.119. The van der Waals surface area contributed by atoms with Crippen molar-refractivity contribution < 1.29 is 26.4 Å². The van der Waals surface area contributed by atoms with Gasteiger partial charge in [0.1, 0.15) is 11.9 Å². The lowest BCUT2D eigenvalue weighted by molar-refractivity contribution is -0.00498. The Morgan fingerprint density at radius 2 is 1.88 bits per heavy atom. The average Bonchev–Trinajstić information content (AvgIpc) is 2.98. The highest BCUT2D eigenvalue weighted by Gasteiger charge is 2.57. The van der Waals surface area contributed by atoms with E-state index >= 15 is 4.39 Å². The number of carbonyl (C=O) groups is 1. The molecule has 2 aromatic rings. The first kappa shape index (κ1) is 25.0. The molecule has 1 heterocycles. The van der Waals surface area contributed by atoms with E-state index in [1.807, 2.05) is 23.8 Å². The van der Waals surface area contributed by atoms with E-state index in [4.69, 9.17) is 0 Å². The zero-order chi connectivity index (χ0) is 24.6. The summed E-state index contributed by atoms with van der Waals surface area (Å²) in [6.45, 7) is 2.24. The van der Waals surface area contributed by atoms with Gasteiger partial charge in [0.25, 0.3) is 5.92 Å². The van der Waals surface area contributed by atoms with Crippen molar-refractivity contribution in [1.29, 1.82) is 0 Å². The van der Waals surface area contributed by atoms with Crippen LogP contribution in [0.1, 0.15) is 18.1 Å². The number of halogens is 3. The number of rotatable bonds is 6. The molecule has 1 saturated heterocycles. The van der Waals surface area contributed by atoms with Gasteiger partial charge in [-0.25, -0.2) is 31.1 Å². The van der Waals surface area contributed by atoms with Gasteiger partial charge in [-0.3, -0.25) is 0 Å². The largest absolute Gasteiger partial charge is 0.331 e. The molecule has 0 spiro atoms. The number of carbonyl (C=O) groups excluding carboxylic acids is 1. The summed E-state index contributed by atoms with van der Waals surface area (Å²) in [4.78, 5) is 14.7. The number of benzene rings is 2. The maximum atomic E-state index is 15.5. The maximum Gasteiger partial charge on any atom is 0.320 e. The Kier molecular flexibility index (Phi) is 7.09. The number of sulfonamides is 1. The van der Waals surface area contributed by atoms with Crippen LogP contribution in [-0.2, 0) is 16.4 Å². The quantitative estimate of drug-likeness (QED) is 0.682. The molecule has 1 fully saturated rings. The van der Waals surface area contributed by atoms with Gasteiger partial charge in [0.05, 0.1) is 18.3 Å². The molecule has 0 aliphatic carbocycles. The van der Waals surface area contributed by atoms with Crippen molar-refractivity contribution >= 4 is 16.1 Å². The molecule has 2 amide bonds. The summed E-state index contributed by atoms with van der Waals surface area (Å²) in [5.41, 5.74) is 1.99. The second-order valence-corrected chi connectivity index (χ2v) is 10.5. The Balaban J connectivity index is 2.05. The lowest BCUT2D eigenvalue weighted by Gasteiger charge is -2.30. The molecule has 0 unspecified atom stereocenters. The van der Waals surface area contributed by atoms with Crippen LogP contribution >= 0.6 is 0 Å². The van der Waals surface area contributed by atoms with Crippen molar-refractivity contribution in [3.63, 3.8) is 0 Å². The third-order valence-electron chi connectivity index (χ3n) is 5.77. The smallest absolute Gasteiger partial charge is 0.320 e. The number of hydrogen-bond donors (Lipinski definition) is 1. The molecule has 1 aliphatic heterocycles. The number of amides is 2. The van der Waals surface area contributed by atoms with Crippen molar-refractivity contribution in [2.75, 3.05) is 26.4 Å². The van der Waals surface area contributed by atoms with Gasteiger partial charge in [-0.15, -0.1) is 0 Å². The number of nitrogens with zero attached hydrogens (tertiary/aromatic N) is 2. The van der Waals surface area contributed by atoms with Crippen molar-refractivity contribution in [1.82, 2.24) is 14.5 Å². The van der Waals surface area contributed by atoms with Crippen LogP contribution in [0.15, 0.2) is 42.5 Å². The van der Waals surface area contributed by atoms with E-state index in [-0.39, 0.29) is 12.0 Å². The molecule has 0 radical (unpaired) electrons. The molecular weight excluding hydrogens is 455 g/mol. The van der Waals surface area contributed by atoms with Crippen molar-refractivity contribution in [2.45, 2.75) is 38.3 Å². The number of urea groups is 1. The predicted molar refractivity (Wildman–Crippen MR) is 121 cm³/mol. The highest BCUT2D eigenvalue weighted by molar-refractivity contribution is 7.89. The second-order valence-electron chi connectivity index (χ2n) is 8.48. The Bertz CT molecular complexity index is 1140. The van der Waals surface area contributed by atoms with Crippen molar-refractivity contribution in [3.8, 4) is 11.1 Å². The summed E-state index contributed by atoms with van der Waals surface area (Å²) in [6, 6.07) is 8.05. The summed E-state index contributed by atoms with van der Waals surface area (Å²) >= 11 is 0. The summed E-state index contributed by atoms with van der Waals surface area (Å²) < 4.78 is 71.8. The number of hydrogen-bond acceptors (Lipinski definition) is 3. The molecule has 6 nitrogen and oxygen atoms in total. The first-order valence-corrected chi connectivity index (χ1v) is 12.2. The van der Waals surface area contributed by atoms with Crippen molar-refractivity contribution in [3.05, 3.63) is 59.4 Å². The van der Waals surface area contributed by atoms with Crippen LogP contribution in [0.25, 0.3) is 11.1 Å². The Morgan fingerprint density at radius 1 is 1.21 bits per heavy atom. The molecular formula is C23H28F3N3O3S. The van der Waals surface area contributed by atoms with Crippen LogP contribution in [0.4, 0.5) is 18.0 Å². The molecule has 33 heavy (non-hydrogen) atoms. The first-order valence-electron chi connectivity index (χ1n) is 10.6. The fourth-order valence-corrected chi connectivity index (χ4v) is 4.92. The number of alkyl halides is 2. The van der Waals surface area contributed by atoms with Crippen LogP contribution in [0.3, 0.4) is 0 Å². The minimum atomic E-state index is -4.01. The first-order chi connectivity index (χ1) is 15.4. The van der Waals surface area contributed by atoms with E-state index in [0.717, 1.165) is 15.4 Å². The topological polar surface area (TPSA) is 69.7 Å². The second kappa shape index (κ2) is 9.34. The third-order valence-corrected chi connectivity index (χ3v) is 7.15. The minimum Gasteiger partial charge on any atom is -0.331 e. The van der Waals surface area contributed by atoms with E-state index in [1.54, 1.807) is 24.3 Å². The van der Waals surface area contributed by atoms with Crippen LogP contribution in [0, 0.1) is 12.7 Å². The Hall–Kier alpha value is -2.59. The van der Waals surface area contributed by atoms with E-state index in [2.05, 4.69) is 0 Å². The van der Waals surface area contributed by atoms with Gasteiger partial charge < -0.3 is 9.80 Å². The van der Waals surface area contributed by atoms with Gasteiger partial charge >= 0.3 is 6.03 Å². The highest BCUT2D eigenvalue weighted by atomic mass is 32.2. The standard InChI is InChI=1S/C23H28F3N3O3S/c1-5-33(31,32)27-21-19(29(14-23(21,25)26)22(30)28(3)4)13-17-10-7-11-18(20(17)24)16-9-6-8-15(2)12-16/h6-12,19,21,27H,5,13-14H2,1-4H3/t19-,21+/m0/s1. The normalized spacial score (nSPS) is 20.2. The Labute approximate surface area is 192 Å². The molecule has 2 aromatic carbocycles. The van der Waals surface area contributed by atoms with Crippen LogP contribution in [-0.4, -0.2) is 68.6 Å². The molecule has 0 saturated carbocycles. The van der Waals surface area contributed by atoms with E-state index in [0.29, 0.717) is 11.1 Å². The zero-order valence-corrected chi connectivity index (χ0v) is 19.8. The summed E-state index contributed by atoms with van der Waals surface area (Å²) in [6.07, 6.45) is -0.280. The number of likely N-dealkylation sites (tertiary alicyclic amines) is 1. The van der Waals surface area contributed by atoms with Gasteiger partial charge in [-0.05, 0) is 31.4 Å². The van der Waals surface area contributed by atoms with Crippen molar-refractivity contribution in [2.24, 2.45) is 0 Å². The molecule has 1 N–H and O–H groups in total. The summed E-state index contributed by atoms with van der Waals surface area (Å²) in [5, 5.41) is 0. The fraction of sp³-hybridized carbons (Fsp3) is 0.435. The number of aryl methyl sites for hydroxylation is 1. The lowest BCUT2D eigenvalue weighted by Crippen LogP contribution is -2.53. The highest BCUT2D eigenvalue weighted by Crippen LogP contribution is 2.36. The predicted octanol–water partition coefficient (Wildman–Crippen LogP) is 3.65. The molecule has 1 aliphatic rings. The molecule has 0 aromatic heterocycles. The monoisotopic (exact) mass is 483 g/mol. The van der Waals surface area contributed by atoms with Crippen LogP contribution < -0.4 is 4.72 Å². The van der Waals surface area contributed by atoms with Gasteiger partial charge in [-0.2, -0.15) is 0 Å². The molecule has 3 rings (SSSR count). The third kappa shape index (κ3) is 5.33. The fourth-order valence-electron chi connectivity index (χ4n) is 4.04. The van der Waals surface area contributed by atoms with Gasteiger partial charge in [0.2, 0.25) is 10.0 Å². The number of nitrogens with one attached hydrogen (secondary N) is 1. The average molecular weight is 484 g/mol. The van der Waals surface area contributed by atoms with Gasteiger partial charge in [0.15, 0.2) is 0 Å². The zero-order valence-electron chi connectivity index (χ0n) is 19.0. The lowest BCUT2D eigenvalue weighted by atomic mass is 9.95. The molecule has 0 bridgehead atoms. The van der Waals surface area contributed by atoms with Gasteiger partial charge in [0, 0.05) is 19.7 Å². The Morgan fingerprint density at radius 3 is 2.48 bits per heavy atom. The maximum absolute atomic E-state index is 15.5. The SMILES string of the molecule is CCS(=O)(=O)N[C@@H]1[C@H](Cc2cccc(-c3cccc(C)c3)c2F)N(C(=O)N(C)C)CC1(F)F. The summed E-state index contributed by atoms with van der Waals surface area (Å²) in [5.74, 6) is -4.51. The van der Waals surface area contributed by atoms with Gasteiger partial charge in [-0.1, -0.05) is 48.0 Å². The molecule has 2 atom stereocenters. The van der Waals surface area contributed by atoms with E-state index < -0.39 is 52.2 Å². The molecule has 10 heteroatoms. The van der Waals surface area contributed by atoms with Crippen LogP contribution in [0.2, 0.25) is 0 Å².